The van der Waals surface area contributed by atoms with Crippen molar-refractivity contribution in [1.82, 2.24) is 15.2 Å². The van der Waals surface area contributed by atoms with E-state index in [1.165, 1.54) is 12.1 Å². The predicted octanol–water partition coefficient (Wildman–Crippen LogP) is 4.30. The van der Waals surface area contributed by atoms with Gasteiger partial charge in [0, 0.05) is 23.0 Å². The second-order valence-corrected chi connectivity index (χ2v) is 7.95. The number of para-hydroxylation sites is 1. The number of aromatic nitrogens is 1. The standard InChI is InChI=1S/C25H26FN3O/c1-4-6-15-27-22-16-20-19-9-7-8-10-21(19)28-24(20)25(3,29(22)23(30)5-2)17-11-13-18(26)14-12-17/h2,7-14,22,27-28H,4,6,15-16H2,1,3H3/t22-,25+/m1/s1. The maximum atomic E-state index is 13.7. The molecule has 2 aromatic carbocycles. The molecule has 30 heavy (non-hydrogen) atoms. The first-order chi connectivity index (χ1) is 14.5. The van der Waals surface area contributed by atoms with Crippen LogP contribution in [0.5, 0.6) is 0 Å². The highest BCUT2D eigenvalue weighted by atomic mass is 19.1. The van der Waals surface area contributed by atoms with E-state index >= 15 is 0 Å². The molecule has 0 radical (unpaired) electrons. The van der Waals surface area contributed by atoms with Crippen molar-refractivity contribution in [2.24, 2.45) is 0 Å². The molecule has 5 heteroatoms. The van der Waals surface area contributed by atoms with Crippen LogP contribution >= 0.6 is 0 Å². The summed E-state index contributed by atoms with van der Waals surface area (Å²) in [7, 11) is 0. The van der Waals surface area contributed by atoms with E-state index in [2.05, 4.69) is 29.2 Å². The number of benzene rings is 2. The maximum Gasteiger partial charge on any atom is 0.300 e. The Balaban J connectivity index is 1.95. The van der Waals surface area contributed by atoms with Crippen LogP contribution < -0.4 is 5.32 Å². The molecular weight excluding hydrogens is 377 g/mol. The van der Waals surface area contributed by atoms with E-state index in [9.17, 15) is 9.18 Å². The van der Waals surface area contributed by atoms with Crippen LogP contribution in [0.2, 0.25) is 0 Å². The van der Waals surface area contributed by atoms with Gasteiger partial charge in [-0.1, -0.05) is 43.7 Å². The second kappa shape index (κ2) is 7.97. The molecule has 0 aliphatic carbocycles. The molecule has 4 rings (SSSR count). The van der Waals surface area contributed by atoms with Crippen LogP contribution in [0.25, 0.3) is 10.9 Å². The summed E-state index contributed by atoms with van der Waals surface area (Å²) in [6, 6.07) is 14.4. The molecule has 2 atom stereocenters. The van der Waals surface area contributed by atoms with E-state index in [1.807, 2.05) is 25.1 Å². The number of H-pyrrole nitrogens is 1. The Kier molecular flexibility index (Phi) is 5.36. The number of amides is 1. The van der Waals surface area contributed by atoms with Gasteiger partial charge in [0.25, 0.3) is 0 Å². The Morgan fingerprint density at radius 2 is 2.03 bits per heavy atom. The number of halogens is 1. The number of unbranched alkanes of at least 4 members (excludes halogenated alkanes) is 1. The molecule has 2 N–H and O–H groups in total. The van der Waals surface area contributed by atoms with Crippen LogP contribution in [-0.2, 0) is 16.8 Å². The van der Waals surface area contributed by atoms with Gasteiger partial charge in [-0.15, -0.1) is 6.42 Å². The lowest BCUT2D eigenvalue weighted by molar-refractivity contribution is -0.135. The van der Waals surface area contributed by atoms with E-state index in [1.54, 1.807) is 17.0 Å². The minimum Gasteiger partial charge on any atom is -0.356 e. The average Bonchev–Trinajstić information content (AvgIpc) is 3.13. The van der Waals surface area contributed by atoms with Gasteiger partial charge in [-0.3, -0.25) is 10.1 Å². The van der Waals surface area contributed by atoms with Crippen molar-refractivity contribution in [2.75, 3.05) is 6.54 Å². The zero-order valence-electron chi connectivity index (χ0n) is 17.3. The summed E-state index contributed by atoms with van der Waals surface area (Å²) in [5.41, 5.74) is 3.04. The van der Waals surface area contributed by atoms with Crippen LogP contribution in [0.3, 0.4) is 0 Å². The predicted molar refractivity (Wildman–Crippen MR) is 117 cm³/mol. The van der Waals surface area contributed by atoms with Gasteiger partial charge in [0.15, 0.2) is 0 Å². The summed E-state index contributed by atoms with van der Waals surface area (Å²) >= 11 is 0. The number of aromatic amines is 1. The molecule has 2 heterocycles. The van der Waals surface area contributed by atoms with Crippen molar-refractivity contribution in [3.63, 3.8) is 0 Å². The van der Waals surface area contributed by atoms with Gasteiger partial charge in [-0.25, -0.2) is 4.39 Å². The lowest BCUT2D eigenvalue weighted by Crippen LogP contribution is -2.62. The minimum absolute atomic E-state index is 0.262. The van der Waals surface area contributed by atoms with Crippen molar-refractivity contribution in [3.8, 4) is 12.3 Å². The van der Waals surface area contributed by atoms with E-state index < -0.39 is 5.54 Å². The van der Waals surface area contributed by atoms with Crippen LogP contribution in [0, 0.1) is 18.2 Å². The highest BCUT2D eigenvalue weighted by Crippen LogP contribution is 2.44. The number of carbonyl (C=O) groups is 1. The first kappa shape index (κ1) is 20.2. The molecule has 1 aliphatic heterocycles. The summed E-state index contributed by atoms with van der Waals surface area (Å²) in [5, 5.41) is 4.68. The fraction of sp³-hybridized carbons (Fsp3) is 0.320. The fourth-order valence-electron chi connectivity index (χ4n) is 4.63. The van der Waals surface area contributed by atoms with E-state index in [4.69, 9.17) is 6.42 Å². The average molecular weight is 404 g/mol. The van der Waals surface area contributed by atoms with Crippen molar-refractivity contribution < 1.29 is 9.18 Å². The van der Waals surface area contributed by atoms with Gasteiger partial charge in [-0.05, 0) is 55.1 Å². The molecule has 0 saturated heterocycles. The number of nitrogens with one attached hydrogen (secondary N) is 2. The van der Waals surface area contributed by atoms with Gasteiger partial charge < -0.3 is 9.88 Å². The van der Waals surface area contributed by atoms with Gasteiger partial charge in [0.05, 0.1) is 6.17 Å². The summed E-state index contributed by atoms with van der Waals surface area (Å²) < 4.78 is 13.7. The number of hydrogen-bond acceptors (Lipinski definition) is 2. The number of nitrogens with zero attached hydrogens (tertiary/aromatic N) is 1. The lowest BCUT2D eigenvalue weighted by atomic mass is 9.79. The van der Waals surface area contributed by atoms with Gasteiger partial charge in [0.2, 0.25) is 0 Å². The monoisotopic (exact) mass is 403 g/mol. The number of carbonyl (C=O) groups excluding carboxylic acids is 1. The van der Waals surface area contributed by atoms with Crippen LogP contribution in [0.1, 0.15) is 43.5 Å². The smallest absolute Gasteiger partial charge is 0.300 e. The zero-order valence-corrected chi connectivity index (χ0v) is 17.3. The first-order valence-electron chi connectivity index (χ1n) is 10.4. The highest BCUT2D eigenvalue weighted by Gasteiger charge is 2.48. The first-order valence-corrected chi connectivity index (χ1v) is 10.4. The van der Waals surface area contributed by atoms with Crippen LogP contribution in [0.4, 0.5) is 4.39 Å². The Hall–Kier alpha value is -3.10. The quantitative estimate of drug-likeness (QED) is 0.493. The van der Waals surface area contributed by atoms with Crippen molar-refractivity contribution >= 4 is 16.8 Å². The lowest BCUT2D eigenvalue weighted by Gasteiger charge is -2.49. The summed E-state index contributed by atoms with van der Waals surface area (Å²) in [5.74, 6) is 1.61. The molecule has 154 valence electrons. The summed E-state index contributed by atoms with van der Waals surface area (Å²) in [6.07, 6.45) is 8.04. The second-order valence-electron chi connectivity index (χ2n) is 7.95. The molecule has 1 amide bonds. The topological polar surface area (TPSA) is 48.1 Å². The molecule has 3 aromatic rings. The largest absolute Gasteiger partial charge is 0.356 e. The Morgan fingerprint density at radius 1 is 1.30 bits per heavy atom. The highest BCUT2D eigenvalue weighted by molar-refractivity contribution is 5.95. The van der Waals surface area contributed by atoms with Crippen molar-refractivity contribution in [2.45, 2.75) is 44.8 Å². The van der Waals surface area contributed by atoms with E-state index in [-0.39, 0.29) is 17.9 Å². The van der Waals surface area contributed by atoms with Crippen molar-refractivity contribution in [3.05, 3.63) is 71.2 Å². The molecule has 4 nitrogen and oxygen atoms in total. The fourth-order valence-corrected chi connectivity index (χ4v) is 4.63. The van der Waals surface area contributed by atoms with Gasteiger partial charge in [-0.2, -0.15) is 0 Å². The van der Waals surface area contributed by atoms with Crippen LogP contribution in [0.15, 0.2) is 48.5 Å². The van der Waals surface area contributed by atoms with Crippen molar-refractivity contribution in [1.29, 1.82) is 0 Å². The SMILES string of the molecule is C#CC(=O)N1[C@@H](NCCCC)Cc2c([nH]c3ccccc23)[C@]1(C)c1ccc(F)cc1. The zero-order chi connectivity index (χ0) is 21.3. The van der Waals surface area contributed by atoms with Gasteiger partial charge in [0.1, 0.15) is 11.4 Å². The Morgan fingerprint density at radius 3 is 2.73 bits per heavy atom. The maximum absolute atomic E-state index is 13.7. The molecule has 0 bridgehead atoms. The molecular formula is C25H26FN3O. The third kappa shape index (κ3) is 3.18. The van der Waals surface area contributed by atoms with E-state index in [0.29, 0.717) is 6.42 Å². The molecule has 0 saturated carbocycles. The normalized spacial score (nSPS) is 20.7. The third-order valence-corrected chi connectivity index (χ3v) is 6.15. The number of rotatable bonds is 5. The molecule has 0 spiro atoms. The molecule has 0 unspecified atom stereocenters. The summed E-state index contributed by atoms with van der Waals surface area (Å²) in [4.78, 5) is 18.3. The molecule has 1 aliphatic rings. The van der Waals surface area contributed by atoms with Crippen LogP contribution in [-0.4, -0.2) is 28.5 Å². The number of terminal acetylenes is 1. The van der Waals surface area contributed by atoms with Gasteiger partial charge >= 0.3 is 5.91 Å². The van der Waals surface area contributed by atoms with E-state index in [0.717, 1.165) is 47.1 Å². The Bertz CT molecular complexity index is 1110. The molecule has 0 fully saturated rings. The Labute approximate surface area is 176 Å². The third-order valence-electron chi connectivity index (χ3n) is 6.15. The number of fused-ring (bicyclic) bond motifs is 3. The number of hydrogen-bond donors (Lipinski definition) is 2. The summed E-state index contributed by atoms with van der Waals surface area (Å²) in [6.45, 7) is 4.90. The molecule has 1 aromatic heterocycles. The minimum atomic E-state index is -0.867.